The third kappa shape index (κ3) is 4.96. The first-order valence-electron chi connectivity index (χ1n) is 10.7. The van der Waals surface area contributed by atoms with Gasteiger partial charge in [-0.25, -0.2) is 9.97 Å². The molecule has 0 atom stereocenters. The number of rotatable bonds is 6. The quantitative estimate of drug-likeness (QED) is 0.200. The third-order valence-electron chi connectivity index (χ3n) is 5.15. The van der Waals surface area contributed by atoms with Gasteiger partial charge in [0.25, 0.3) is 5.91 Å². The maximum absolute atomic E-state index is 12.6. The van der Waals surface area contributed by atoms with Crippen LogP contribution in [0.1, 0.15) is 47.2 Å². The zero-order valence-corrected chi connectivity index (χ0v) is 19.8. The smallest absolute Gasteiger partial charge is 0.295 e. The number of aromatic hydroxyl groups is 1. The fourth-order valence-corrected chi connectivity index (χ4v) is 4.56. The van der Waals surface area contributed by atoms with Gasteiger partial charge in [0.1, 0.15) is 0 Å². The number of amides is 1. The Labute approximate surface area is 196 Å². The van der Waals surface area contributed by atoms with Crippen molar-refractivity contribution in [3.8, 4) is 5.88 Å². The normalized spacial score (nSPS) is 11.7. The molecule has 0 saturated heterocycles. The third-order valence-corrected chi connectivity index (χ3v) is 6.06. The molecule has 7 nitrogen and oxygen atoms in total. The van der Waals surface area contributed by atoms with Crippen LogP contribution in [-0.2, 0) is 5.75 Å². The van der Waals surface area contributed by atoms with Crippen molar-refractivity contribution in [1.82, 2.24) is 14.5 Å². The first-order chi connectivity index (χ1) is 15.8. The highest BCUT2D eigenvalue weighted by atomic mass is 32.2. The molecule has 2 heterocycles. The van der Waals surface area contributed by atoms with Crippen LogP contribution in [0.15, 0.2) is 70.0 Å². The maximum Gasteiger partial charge on any atom is 0.295 e. The first-order valence-corrected chi connectivity index (χ1v) is 11.6. The van der Waals surface area contributed by atoms with E-state index in [1.54, 1.807) is 28.5 Å². The predicted molar refractivity (Wildman–Crippen MR) is 130 cm³/mol. The van der Waals surface area contributed by atoms with E-state index in [1.807, 2.05) is 70.2 Å². The Kier molecular flexibility index (Phi) is 6.55. The van der Waals surface area contributed by atoms with Gasteiger partial charge in [-0.3, -0.25) is 4.79 Å². The Balaban J connectivity index is 1.49. The van der Waals surface area contributed by atoms with Gasteiger partial charge < -0.3 is 9.67 Å². The number of azo groups is 1. The molecule has 2 aromatic carbocycles. The minimum Gasteiger partial charge on any atom is -0.493 e. The van der Waals surface area contributed by atoms with Crippen molar-refractivity contribution in [3.63, 3.8) is 0 Å². The second kappa shape index (κ2) is 9.54. The number of carbonyl (C=O) groups is 1. The summed E-state index contributed by atoms with van der Waals surface area (Å²) in [6.07, 6.45) is 0. The number of para-hydroxylation sites is 1. The van der Waals surface area contributed by atoms with Gasteiger partial charge in [-0.05, 0) is 57.5 Å². The van der Waals surface area contributed by atoms with Crippen molar-refractivity contribution in [3.05, 3.63) is 77.1 Å². The lowest BCUT2D eigenvalue weighted by Crippen LogP contribution is -1.98. The molecule has 0 aliphatic carbocycles. The number of aryl methyl sites for hydroxylation is 2. The molecule has 0 spiro atoms. The van der Waals surface area contributed by atoms with Gasteiger partial charge in [0.2, 0.25) is 5.88 Å². The van der Waals surface area contributed by atoms with Gasteiger partial charge in [-0.15, -0.1) is 10.2 Å². The lowest BCUT2D eigenvalue weighted by Gasteiger charge is -2.10. The van der Waals surface area contributed by atoms with E-state index in [9.17, 15) is 9.90 Å². The van der Waals surface area contributed by atoms with E-state index in [4.69, 9.17) is 0 Å². The highest BCUT2D eigenvalue weighted by molar-refractivity contribution is 7.98. The number of aromatic nitrogens is 3. The maximum atomic E-state index is 12.6. The summed E-state index contributed by atoms with van der Waals surface area (Å²) in [5.41, 5.74) is 4.52. The van der Waals surface area contributed by atoms with Crippen molar-refractivity contribution in [2.45, 2.75) is 44.6 Å². The number of hydrogen-bond acceptors (Lipinski definition) is 6. The average molecular weight is 460 g/mol. The molecule has 2 aromatic heterocycles. The summed E-state index contributed by atoms with van der Waals surface area (Å²) in [5, 5.41) is 20.2. The van der Waals surface area contributed by atoms with Crippen LogP contribution in [0.5, 0.6) is 5.88 Å². The number of carbonyl (C=O) groups excluding carboxylic acids is 1. The van der Waals surface area contributed by atoms with Gasteiger partial charge >= 0.3 is 0 Å². The molecule has 4 rings (SSSR count). The number of benzene rings is 2. The van der Waals surface area contributed by atoms with Crippen molar-refractivity contribution in [2.75, 3.05) is 0 Å². The zero-order valence-electron chi connectivity index (χ0n) is 19.0. The predicted octanol–water partition coefficient (Wildman–Crippen LogP) is 6.55. The van der Waals surface area contributed by atoms with Crippen LogP contribution >= 0.6 is 11.8 Å². The fraction of sp³-hybridized carbons (Fsp3) is 0.240. The molecule has 0 aliphatic rings. The van der Waals surface area contributed by atoms with Gasteiger partial charge in [0, 0.05) is 34.1 Å². The average Bonchev–Trinajstić information content (AvgIpc) is 3.07. The van der Waals surface area contributed by atoms with Crippen LogP contribution in [0.3, 0.4) is 0 Å². The van der Waals surface area contributed by atoms with E-state index < -0.39 is 5.91 Å². The Morgan fingerprint density at radius 2 is 1.73 bits per heavy atom. The van der Waals surface area contributed by atoms with Crippen molar-refractivity contribution in [2.24, 2.45) is 10.2 Å². The van der Waals surface area contributed by atoms with E-state index in [0.29, 0.717) is 17.0 Å². The van der Waals surface area contributed by atoms with Crippen molar-refractivity contribution in [1.29, 1.82) is 0 Å². The summed E-state index contributed by atoms with van der Waals surface area (Å²) < 4.78 is 1.78. The molecule has 33 heavy (non-hydrogen) atoms. The minimum absolute atomic E-state index is 0.00345. The number of nitrogens with zero attached hydrogens (tertiary/aromatic N) is 5. The molecule has 4 aromatic rings. The number of fused-ring (bicyclic) bond motifs is 1. The highest BCUT2D eigenvalue weighted by Crippen LogP contribution is 2.40. The fourth-order valence-electron chi connectivity index (χ4n) is 3.66. The first kappa shape index (κ1) is 22.7. The summed E-state index contributed by atoms with van der Waals surface area (Å²) in [4.78, 5) is 21.5. The molecule has 0 aliphatic heterocycles. The lowest BCUT2D eigenvalue weighted by molar-refractivity contribution is 0.0995. The largest absolute Gasteiger partial charge is 0.493 e. The lowest BCUT2D eigenvalue weighted by atomic mass is 10.1. The Bertz CT molecular complexity index is 1320. The van der Waals surface area contributed by atoms with Gasteiger partial charge in [0.15, 0.2) is 10.8 Å². The van der Waals surface area contributed by atoms with Crippen LogP contribution in [0.4, 0.5) is 5.69 Å². The molecule has 0 fully saturated rings. The van der Waals surface area contributed by atoms with E-state index in [1.165, 1.54) is 0 Å². The molecule has 0 unspecified atom stereocenters. The summed E-state index contributed by atoms with van der Waals surface area (Å²) >= 11 is 1.55. The van der Waals surface area contributed by atoms with Gasteiger partial charge in [0.05, 0.1) is 5.52 Å². The zero-order chi connectivity index (χ0) is 23.5. The van der Waals surface area contributed by atoms with Crippen LogP contribution < -0.4 is 0 Å². The molecule has 0 bridgehead atoms. The highest BCUT2D eigenvalue weighted by Gasteiger charge is 2.18. The molecule has 168 valence electrons. The van der Waals surface area contributed by atoms with E-state index in [-0.39, 0.29) is 11.9 Å². The second-order valence-corrected chi connectivity index (χ2v) is 9.02. The number of thioether (sulfide) groups is 1. The molecular formula is C25H25N5O2S. The monoisotopic (exact) mass is 459 g/mol. The van der Waals surface area contributed by atoms with Crippen molar-refractivity contribution >= 4 is 34.3 Å². The van der Waals surface area contributed by atoms with Crippen LogP contribution in [0.25, 0.3) is 10.9 Å². The summed E-state index contributed by atoms with van der Waals surface area (Å²) in [6, 6.07) is 16.8. The minimum atomic E-state index is -0.465. The molecule has 1 amide bonds. The molecule has 8 heteroatoms. The molecular weight excluding hydrogens is 434 g/mol. The van der Waals surface area contributed by atoms with Crippen LogP contribution in [0.2, 0.25) is 0 Å². The van der Waals surface area contributed by atoms with Crippen LogP contribution in [0, 0.1) is 13.8 Å². The second-order valence-electron chi connectivity index (χ2n) is 8.08. The van der Waals surface area contributed by atoms with Gasteiger partial charge in [-0.2, -0.15) is 0 Å². The summed E-state index contributed by atoms with van der Waals surface area (Å²) in [5.74, 6) is 0.234. The van der Waals surface area contributed by atoms with E-state index in [2.05, 4.69) is 20.2 Å². The molecule has 0 saturated carbocycles. The van der Waals surface area contributed by atoms with Crippen molar-refractivity contribution < 1.29 is 9.90 Å². The molecule has 1 N–H and O–H groups in total. The topological polar surface area (TPSA) is 92.7 Å². The summed E-state index contributed by atoms with van der Waals surface area (Å²) in [7, 11) is 0. The van der Waals surface area contributed by atoms with E-state index >= 15 is 0 Å². The van der Waals surface area contributed by atoms with E-state index in [0.717, 1.165) is 33.0 Å². The number of hydrogen-bond donors (Lipinski definition) is 1. The Morgan fingerprint density at radius 1 is 1.06 bits per heavy atom. The Morgan fingerprint density at radius 3 is 2.39 bits per heavy atom. The van der Waals surface area contributed by atoms with Crippen LogP contribution in [-0.4, -0.2) is 25.5 Å². The summed E-state index contributed by atoms with van der Waals surface area (Å²) in [6.45, 7) is 7.86. The molecule has 0 radical (unpaired) electrons. The standard InChI is InChI=1S/C25H25N5O2S/c1-15(2)30-21-8-6-5-7-20(21)22(24(30)32)28-29-23(31)19-11-9-18(10-12-19)14-33-25-26-16(3)13-17(4)27-25/h5-13,15,32H,14H2,1-4H3. The van der Waals surface area contributed by atoms with Gasteiger partial charge in [-0.1, -0.05) is 42.1 Å². The SMILES string of the molecule is Cc1cc(C)nc(SCc2ccc(C(=O)N=Nc3c(O)n(C(C)C)c4ccccc34)cc2)n1. The Hall–Kier alpha value is -3.52.